The zero-order valence-corrected chi connectivity index (χ0v) is 12.2. The van der Waals surface area contributed by atoms with Crippen molar-refractivity contribution >= 4 is 35.1 Å². The van der Waals surface area contributed by atoms with Crippen molar-refractivity contribution in [1.29, 1.82) is 0 Å². The second-order valence-electron chi connectivity index (χ2n) is 4.58. The highest BCUT2D eigenvalue weighted by Crippen LogP contribution is 2.14. The third kappa shape index (κ3) is 3.51. The lowest BCUT2D eigenvalue weighted by Crippen LogP contribution is -2.25. The maximum atomic E-state index is 11.6. The molecule has 7 heteroatoms. The minimum atomic E-state index is -0.302. The van der Waals surface area contributed by atoms with Crippen LogP contribution in [0.1, 0.15) is 30.2 Å². The molecule has 0 fully saturated rings. The van der Waals surface area contributed by atoms with Crippen molar-refractivity contribution in [1.82, 2.24) is 10.9 Å². The number of nitrogens with zero attached hydrogens (tertiary/aromatic N) is 2. The van der Waals surface area contributed by atoms with Gasteiger partial charge in [-0.1, -0.05) is 0 Å². The molecule has 1 atom stereocenters. The van der Waals surface area contributed by atoms with E-state index in [1.807, 2.05) is 18.4 Å². The van der Waals surface area contributed by atoms with E-state index in [4.69, 9.17) is 0 Å². The molecule has 20 heavy (non-hydrogen) atoms. The summed E-state index contributed by atoms with van der Waals surface area (Å²) in [6.07, 6.45) is 2.32. The Hall–Kier alpha value is -2.02. The molecule has 1 aromatic heterocycles. The van der Waals surface area contributed by atoms with Crippen LogP contribution >= 0.6 is 11.3 Å². The Morgan fingerprint density at radius 2 is 2.40 bits per heavy atom. The summed E-state index contributed by atoms with van der Waals surface area (Å²) in [5.41, 5.74) is 6.72. The molecule has 0 radical (unpaired) electrons. The predicted octanol–water partition coefficient (Wildman–Crippen LogP) is 1.41. The maximum Gasteiger partial charge on any atom is 0.248 e. The molecule has 2 heterocycles. The second-order valence-corrected chi connectivity index (χ2v) is 5.53. The van der Waals surface area contributed by atoms with Gasteiger partial charge in [-0.05, 0) is 37.3 Å². The molecular formula is C13H16N4O2S. The first-order chi connectivity index (χ1) is 9.58. The van der Waals surface area contributed by atoms with Crippen molar-refractivity contribution in [3.05, 3.63) is 21.9 Å². The summed E-state index contributed by atoms with van der Waals surface area (Å²) in [4.78, 5) is 24.1. The summed E-state index contributed by atoms with van der Waals surface area (Å²) in [6, 6.07) is 1.99. The number of thiophene rings is 1. The Morgan fingerprint density at radius 3 is 3.00 bits per heavy atom. The van der Waals surface area contributed by atoms with Gasteiger partial charge in [0.15, 0.2) is 0 Å². The SMILES string of the molecule is CC1=NNC(=O)[C@@H]1CCC(=O)N/N=C\c1sccc1C. The van der Waals surface area contributed by atoms with Gasteiger partial charge in [-0.3, -0.25) is 9.59 Å². The van der Waals surface area contributed by atoms with Crippen molar-refractivity contribution in [3.8, 4) is 0 Å². The zero-order chi connectivity index (χ0) is 14.5. The van der Waals surface area contributed by atoms with Gasteiger partial charge in [0.25, 0.3) is 0 Å². The van der Waals surface area contributed by atoms with Gasteiger partial charge in [0.05, 0.1) is 12.1 Å². The quantitative estimate of drug-likeness (QED) is 0.635. The van der Waals surface area contributed by atoms with Crippen LogP contribution in [0, 0.1) is 12.8 Å². The number of amides is 2. The van der Waals surface area contributed by atoms with E-state index in [1.165, 1.54) is 0 Å². The third-order valence-corrected chi connectivity index (χ3v) is 4.05. The number of carbonyl (C=O) groups is 2. The van der Waals surface area contributed by atoms with Crippen LogP contribution in [0.5, 0.6) is 0 Å². The summed E-state index contributed by atoms with van der Waals surface area (Å²) in [7, 11) is 0. The number of aryl methyl sites for hydroxylation is 1. The first-order valence-electron chi connectivity index (χ1n) is 6.28. The lowest BCUT2D eigenvalue weighted by molar-refractivity contribution is -0.123. The molecule has 0 aromatic carbocycles. The summed E-state index contributed by atoms with van der Waals surface area (Å²) < 4.78 is 0. The van der Waals surface area contributed by atoms with Gasteiger partial charge in [0.2, 0.25) is 11.8 Å². The monoisotopic (exact) mass is 292 g/mol. The smallest absolute Gasteiger partial charge is 0.248 e. The van der Waals surface area contributed by atoms with Crippen LogP contribution in [0.4, 0.5) is 0 Å². The van der Waals surface area contributed by atoms with E-state index in [1.54, 1.807) is 24.5 Å². The largest absolute Gasteiger partial charge is 0.273 e. The van der Waals surface area contributed by atoms with E-state index in [2.05, 4.69) is 21.1 Å². The van der Waals surface area contributed by atoms with E-state index < -0.39 is 0 Å². The number of hydrogen-bond donors (Lipinski definition) is 2. The normalized spacial score (nSPS) is 18.2. The highest BCUT2D eigenvalue weighted by atomic mass is 32.1. The molecular weight excluding hydrogens is 276 g/mol. The average molecular weight is 292 g/mol. The Balaban J connectivity index is 1.76. The molecule has 0 saturated carbocycles. The molecule has 6 nitrogen and oxygen atoms in total. The van der Waals surface area contributed by atoms with Gasteiger partial charge in [-0.15, -0.1) is 11.3 Å². The van der Waals surface area contributed by atoms with Crippen LogP contribution < -0.4 is 10.9 Å². The van der Waals surface area contributed by atoms with Crippen LogP contribution in [-0.2, 0) is 9.59 Å². The molecule has 1 aromatic rings. The summed E-state index contributed by atoms with van der Waals surface area (Å²) in [5, 5.41) is 9.72. The van der Waals surface area contributed by atoms with Crippen LogP contribution in [0.2, 0.25) is 0 Å². The van der Waals surface area contributed by atoms with Crippen molar-refractivity contribution < 1.29 is 9.59 Å². The fourth-order valence-corrected chi connectivity index (χ4v) is 2.63. The summed E-state index contributed by atoms with van der Waals surface area (Å²) in [6.45, 7) is 3.76. The molecule has 0 unspecified atom stereocenters. The van der Waals surface area contributed by atoms with Crippen LogP contribution in [-0.4, -0.2) is 23.7 Å². The van der Waals surface area contributed by atoms with E-state index in [-0.39, 0.29) is 24.2 Å². The fraction of sp³-hybridized carbons (Fsp3) is 0.385. The number of hydrazone groups is 2. The molecule has 2 rings (SSSR count). The molecule has 0 aliphatic carbocycles. The van der Waals surface area contributed by atoms with E-state index >= 15 is 0 Å². The van der Waals surface area contributed by atoms with Gasteiger partial charge >= 0.3 is 0 Å². The Kier molecular flexibility index (Phi) is 4.62. The lowest BCUT2D eigenvalue weighted by Gasteiger charge is -2.06. The highest BCUT2D eigenvalue weighted by molar-refractivity contribution is 7.11. The lowest BCUT2D eigenvalue weighted by atomic mass is 9.99. The fourth-order valence-electron chi connectivity index (χ4n) is 1.84. The zero-order valence-electron chi connectivity index (χ0n) is 11.3. The molecule has 1 aliphatic heterocycles. The van der Waals surface area contributed by atoms with Gasteiger partial charge < -0.3 is 0 Å². The molecule has 1 aliphatic rings. The second kappa shape index (κ2) is 6.42. The van der Waals surface area contributed by atoms with Crippen molar-refractivity contribution in [2.24, 2.45) is 16.1 Å². The molecule has 2 N–H and O–H groups in total. The predicted molar refractivity (Wildman–Crippen MR) is 78.8 cm³/mol. The highest BCUT2D eigenvalue weighted by Gasteiger charge is 2.26. The summed E-state index contributed by atoms with van der Waals surface area (Å²) >= 11 is 1.57. The van der Waals surface area contributed by atoms with Crippen molar-refractivity contribution in [2.45, 2.75) is 26.7 Å². The average Bonchev–Trinajstić information content (AvgIpc) is 2.95. The number of rotatable bonds is 5. The minimum Gasteiger partial charge on any atom is -0.273 e. The number of carbonyl (C=O) groups excluding carboxylic acids is 2. The molecule has 0 spiro atoms. The van der Waals surface area contributed by atoms with E-state index in [9.17, 15) is 9.59 Å². The standard InChI is InChI=1S/C13H16N4O2S/c1-8-5-6-20-11(8)7-14-16-12(18)4-3-10-9(2)15-17-13(10)19/h5-7,10H,3-4H2,1-2H3,(H,16,18)(H,17,19)/b14-7-/t10-/m1/s1. The van der Waals surface area contributed by atoms with Gasteiger partial charge in [-0.2, -0.15) is 10.2 Å². The van der Waals surface area contributed by atoms with Crippen LogP contribution in [0.15, 0.2) is 21.6 Å². The topological polar surface area (TPSA) is 82.9 Å². The number of nitrogens with one attached hydrogen (secondary N) is 2. The molecule has 2 amide bonds. The molecule has 106 valence electrons. The maximum absolute atomic E-state index is 11.6. The van der Waals surface area contributed by atoms with E-state index in [0.29, 0.717) is 6.42 Å². The third-order valence-electron chi connectivity index (χ3n) is 3.10. The van der Waals surface area contributed by atoms with Gasteiger partial charge in [0.1, 0.15) is 0 Å². The number of hydrogen-bond acceptors (Lipinski definition) is 5. The first-order valence-corrected chi connectivity index (χ1v) is 7.16. The van der Waals surface area contributed by atoms with Gasteiger partial charge in [0, 0.05) is 17.0 Å². The Bertz CT molecular complexity index is 577. The van der Waals surface area contributed by atoms with Crippen LogP contribution in [0.25, 0.3) is 0 Å². The van der Waals surface area contributed by atoms with Crippen molar-refractivity contribution in [3.63, 3.8) is 0 Å². The minimum absolute atomic E-state index is 0.145. The van der Waals surface area contributed by atoms with E-state index in [0.717, 1.165) is 16.2 Å². The van der Waals surface area contributed by atoms with Crippen molar-refractivity contribution in [2.75, 3.05) is 0 Å². The Labute approximate surface area is 121 Å². The molecule has 0 bridgehead atoms. The Morgan fingerprint density at radius 1 is 1.60 bits per heavy atom. The molecule has 0 saturated heterocycles. The first kappa shape index (κ1) is 14.4. The van der Waals surface area contributed by atoms with Gasteiger partial charge in [-0.25, -0.2) is 10.9 Å². The summed E-state index contributed by atoms with van der Waals surface area (Å²) in [5.74, 6) is -0.653. The van der Waals surface area contributed by atoms with Crippen LogP contribution in [0.3, 0.4) is 0 Å².